The van der Waals surface area contributed by atoms with Crippen molar-refractivity contribution in [2.45, 2.75) is 19.4 Å². The number of halogens is 1. The maximum atomic E-state index is 12.0. The zero-order valence-electron chi connectivity index (χ0n) is 11.2. The SMILES string of the molecule is COc1cccc(Cl)c1CNC(=O)C1CCC(=O)NC1. The molecule has 0 aromatic heterocycles. The fourth-order valence-corrected chi connectivity index (χ4v) is 2.41. The molecule has 20 heavy (non-hydrogen) atoms. The van der Waals surface area contributed by atoms with Gasteiger partial charge in [0.1, 0.15) is 5.75 Å². The summed E-state index contributed by atoms with van der Waals surface area (Å²) < 4.78 is 5.23. The van der Waals surface area contributed by atoms with Gasteiger partial charge in [-0.1, -0.05) is 17.7 Å². The number of rotatable bonds is 4. The smallest absolute Gasteiger partial charge is 0.225 e. The molecule has 1 fully saturated rings. The quantitative estimate of drug-likeness (QED) is 0.884. The van der Waals surface area contributed by atoms with Crippen LogP contribution in [0, 0.1) is 5.92 Å². The van der Waals surface area contributed by atoms with Crippen LogP contribution in [0.25, 0.3) is 0 Å². The Hall–Kier alpha value is -1.75. The molecule has 0 spiro atoms. The van der Waals surface area contributed by atoms with Gasteiger partial charge in [-0.2, -0.15) is 0 Å². The number of hydrogen-bond acceptors (Lipinski definition) is 3. The first-order chi connectivity index (χ1) is 9.61. The van der Waals surface area contributed by atoms with Gasteiger partial charge in [-0.3, -0.25) is 9.59 Å². The molecule has 5 nitrogen and oxygen atoms in total. The lowest BCUT2D eigenvalue weighted by atomic mass is 9.98. The van der Waals surface area contributed by atoms with Crippen molar-refractivity contribution >= 4 is 23.4 Å². The molecule has 1 heterocycles. The zero-order valence-corrected chi connectivity index (χ0v) is 12.0. The van der Waals surface area contributed by atoms with E-state index in [1.54, 1.807) is 25.3 Å². The van der Waals surface area contributed by atoms with Crippen molar-refractivity contribution in [3.63, 3.8) is 0 Å². The van der Waals surface area contributed by atoms with Gasteiger partial charge in [-0.15, -0.1) is 0 Å². The van der Waals surface area contributed by atoms with E-state index >= 15 is 0 Å². The summed E-state index contributed by atoms with van der Waals surface area (Å²) in [6.07, 6.45) is 0.977. The summed E-state index contributed by atoms with van der Waals surface area (Å²) in [6.45, 7) is 0.705. The molecule has 0 bridgehead atoms. The third-order valence-electron chi connectivity index (χ3n) is 3.37. The summed E-state index contributed by atoms with van der Waals surface area (Å²) >= 11 is 6.11. The molecule has 2 rings (SSSR count). The summed E-state index contributed by atoms with van der Waals surface area (Å²) in [6, 6.07) is 5.35. The Balaban J connectivity index is 1.95. The summed E-state index contributed by atoms with van der Waals surface area (Å²) in [7, 11) is 1.56. The normalized spacial score (nSPS) is 18.3. The molecule has 0 saturated carbocycles. The number of carbonyl (C=O) groups excluding carboxylic acids is 2. The lowest BCUT2D eigenvalue weighted by molar-refractivity contribution is -0.129. The monoisotopic (exact) mass is 296 g/mol. The van der Waals surface area contributed by atoms with Crippen molar-refractivity contribution < 1.29 is 14.3 Å². The fraction of sp³-hybridized carbons (Fsp3) is 0.429. The third kappa shape index (κ3) is 3.42. The Bertz CT molecular complexity index is 509. The molecule has 2 amide bonds. The molecule has 6 heteroatoms. The van der Waals surface area contributed by atoms with Crippen molar-refractivity contribution in [2.24, 2.45) is 5.92 Å². The molecule has 1 atom stereocenters. The average Bonchev–Trinajstić information content (AvgIpc) is 2.46. The predicted octanol–water partition coefficient (Wildman–Crippen LogP) is 1.49. The molecule has 0 aliphatic carbocycles. The molecule has 2 N–H and O–H groups in total. The van der Waals surface area contributed by atoms with Crippen molar-refractivity contribution in [1.82, 2.24) is 10.6 Å². The number of methoxy groups -OCH3 is 1. The van der Waals surface area contributed by atoms with E-state index in [1.165, 1.54) is 0 Å². The van der Waals surface area contributed by atoms with Crippen molar-refractivity contribution in [3.8, 4) is 5.75 Å². The number of nitrogens with one attached hydrogen (secondary N) is 2. The Morgan fingerprint density at radius 1 is 1.55 bits per heavy atom. The summed E-state index contributed by atoms with van der Waals surface area (Å²) in [5, 5.41) is 6.10. The van der Waals surface area contributed by atoms with Crippen LogP contribution in [-0.4, -0.2) is 25.5 Å². The molecule has 0 radical (unpaired) electrons. The van der Waals surface area contributed by atoms with Crippen LogP contribution < -0.4 is 15.4 Å². The second kappa shape index (κ2) is 6.61. The topological polar surface area (TPSA) is 67.4 Å². The first-order valence-corrected chi connectivity index (χ1v) is 6.85. The van der Waals surface area contributed by atoms with E-state index in [0.717, 1.165) is 5.56 Å². The number of hydrogen-bond donors (Lipinski definition) is 2. The summed E-state index contributed by atoms with van der Waals surface area (Å²) in [4.78, 5) is 23.1. The molecule has 1 saturated heterocycles. The number of piperidine rings is 1. The van der Waals surface area contributed by atoms with E-state index in [1.807, 2.05) is 0 Å². The highest BCUT2D eigenvalue weighted by molar-refractivity contribution is 6.31. The number of benzene rings is 1. The van der Waals surface area contributed by atoms with Crippen LogP contribution in [0.3, 0.4) is 0 Å². The summed E-state index contributed by atoms with van der Waals surface area (Å²) in [5.41, 5.74) is 0.755. The first-order valence-electron chi connectivity index (χ1n) is 6.47. The van der Waals surface area contributed by atoms with E-state index < -0.39 is 0 Å². The Morgan fingerprint density at radius 3 is 3.00 bits per heavy atom. The molecular formula is C14H17ClN2O3. The van der Waals surface area contributed by atoms with E-state index in [4.69, 9.17) is 16.3 Å². The van der Waals surface area contributed by atoms with Crippen LogP contribution in [0.2, 0.25) is 5.02 Å². The van der Waals surface area contributed by atoms with E-state index in [2.05, 4.69) is 10.6 Å². The van der Waals surface area contributed by atoms with Gasteiger partial charge in [0, 0.05) is 30.1 Å². The predicted molar refractivity (Wildman–Crippen MR) is 75.6 cm³/mol. The van der Waals surface area contributed by atoms with E-state index in [-0.39, 0.29) is 17.7 Å². The lowest BCUT2D eigenvalue weighted by Gasteiger charge is -2.22. The average molecular weight is 297 g/mol. The molecule has 1 aromatic rings. The van der Waals surface area contributed by atoms with Gasteiger partial charge in [-0.25, -0.2) is 0 Å². The van der Waals surface area contributed by atoms with E-state index in [9.17, 15) is 9.59 Å². The number of ether oxygens (including phenoxy) is 1. The van der Waals surface area contributed by atoms with Crippen molar-refractivity contribution in [1.29, 1.82) is 0 Å². The molecule has 108 valence electrons. The lowest BCUT2D eigenvalue weighted by Crippen LogP contribution is -2.42. The summed E-state index contributed by atoms with van der Waals surface area (Å²) in [5.74, 6) is 0.393. The minimum atomic E-state index is -0.179. The van der Waals surface area contributed by atoms with Crippen LogP contribution in [-0.2, 0) is 16.1 Å². The van der Waals surface area contributed by atoms with Crippen LogP contribution >= 0.6 is 11.6 Å². The highest BCUT2D eigenvalue weighted by atomic mass is 35.5. The Morgan fingerprint density at radius 2 is 2.35 bits per heavy atom. The minimum absolute atomic E-state index is 0.00169. The highest BCUT2D eigenvalue weighted by Gasteiger charge is 2.24. The van der Waals surface area contributed by atoms with Gasteiger partial charge in [0.15, 0.2) is 0 Å². The number of amides is 2. The van der Waals surface area contributed by atoms with Crippen LogP contribution in [0.15, 0.2) is 18.2 Å². The standard InChI is InChI=1S/C14H17ClN2O3/c1-20-12-4-2-3-11(15)10(12)8-17-14(19)9-5-6-13(18)16-7-9/h2-4,9H,5-8H2,1H3,(H,16,18)(H,17,19). The van der Waals surface area contributed by atoms with E-state index in [0.29, 0.717) is 36.7 Å². The van der Waals surface area contributed by atoms with Gasteiger partial charge < -0.3 is 15.4 Å². The van der Waals surface area contributed by atoms with Crippen molar-refractivity contribution in [2.75, 3.05) is 13.7 Å². The molecule has 1 aromatic carbocycles. The van der Waals surface area contributed by atoms with Crippen LogP contribution in [0.1, 0.15) is 18.4 Å². The maximum absolute atomic E-state index is 12.0. The third-order valence-corrected chi connectivity index (χ3v) is 3.73. The molecule has 1 unspecified atom stereocenters. The maximum Gasteiger partial charge on any atom is 0.225 e. The first kappa shape index (κ1) is 14.7. The van der Waals surface area contributed by atoms with Gasteiger partial charge in [0.25, 0.3) is 0 Å². The fourth-order valence-electron chi connectivity index (χ4n) is 2.18. The van der Waals surface area contributed by atoms with Gasteiger partial charge in [0.2, 0.25) is 11.8 Å². The second-order valence-corrected chi connectivity index (χ2v) is 5.09. The minimum Gasteiger partial charge on any atom is -0.496 e. The largest absolute Gasteiger partial charge is 0.496 e. The Kier molecular flexibility index (Phi) is 4.84. The van der Waals surface area contributed by atoms with Crippen molar-refractivity contribution in [3.05, 3.63) is 28.8 Å². The molecule has 1 aliphatic rings. The zero-order chi connectivity index (χ0) is 14.5. The van der Waals surface area contributed by atoms with Crippen LogP contribution in [0.4, 0.5) is 0 Å². The van der Waals surface area contributed by atoms with Gasteiger partial charge in [0.05, 0.1) is 13.0 Å². The molecular weight excluding hydrogens is 280 g/mol. The van der Waals surface area contributed by atoms with Gasteiger partial charge in [-0.05, 0) is 18.6 Å². The highest BCUT2D eigenvalue weighted by Crippen LogP contribution is 2.26. The second-order valence-electron chi connectivity index (χ2n) is 4.68. The number of carbonyl (C=O) groups is 2. The Labute approximate surface area is 122 Å². The van der Waals surface area contributed by atoms with Crippen LogP contribution in [0.5, 0.6) is 5.75 Å². The van der Waals surface area contributed by atoms with Gasteiger partial charge >= 0.3 is 0 Å². The molecule has 1 aliphatic heterocycles.